The number of rotatable bonds is 5. The van der Waals surface area contributed by atoms with E-state index in [-0.39, 0.29) is 10.7 Å². The molecule has 8 heteroatoms. The van der Waals surface area contributed by atoms with E-state index in [1.54, 1.807) is 24.3 Å². The number of thiocarbonyl (C=S) groups is 1. The topological polar surface area (TPSA) is 95.9 Å². The average molecular weight is 424 g/mol. The summed E-state index contributed by atoms with van der Waals surface area (Å²) in [6, 6.07) is 12.0. The van der Waals surface area contributed by atoms with Gasteiger partial charge in [-0.15, -0.1) is 0 Å². The van der Waals surface area contributed by atoms with E-state index in [2.05, 4.69) is 5.32 Å². The minimum Gasteiger partial charge on any atom is -0.479 e. The maximum atomic E-state index is 13.1. The molecule has 1 heterocycles. The molecule has 1 atom stereocenters. The SMILES string of the molecule is Cc1cc(C)cc(N2C(=O)/C(=C/c3ccc(O[C@H](C)C(=O)O)cc3)C(=O)NC2=S)c1. The summed E-state index contributed by atoms with van der Waals surface area (Å²) in [4.78, 5) is 37.7. The molecule has 3 rings (SSSR count). The first-order valence-electron chi connectivity index (χ1n) is 9.15. The summed E-state index contributed by atoms with van der Waals surface area (Å²) in [5, 5.41) is 11.5. The molecule has 2 aromatic carbocycles. The molecule has 154 valence electrons. The molecule has 0 aliphatic carbocycles. The van der Waals surface area contributed by atoms with Gasteiger partial charge in [-0.05, 0) is 80.0 Å². The van der Waals surface area contributed by atoms with E-state index in [1.807, 2.05) is 32.0 Å². The van der Waals surface area contributed by atoms with Gasteiger partial charge < -0.3 is 9.84 Å². The van der Waals surface area contributed by atoms with Crippen LogP contribution in [0.15, 0.2) is 48.0 Å². The zero-order valence-corrected chi connectivity index (χ0v) is 17.4. The van der Waals surface area contributed by atoms with Crippen LogP contribution in [-0.4, -0.2) is 34.1 Å². The van der Waals surface area contributed by atoms with Gasteiger partial charge in [0.1, 0.15) is 11.3 Å². The number of carbonyl (C=O) groups is 3. The van der Waals surface area contributed by atoms with E-state index >= 15 is 0 Å². The zero-order valence-electron chi connectivity index (χ0n) is 16.6. The van der Waals surface area contributed by atoms with Crippen LogP contribution in [-0.2, 0) is 14.4 Å². The van der Waals surface area contributed by atoms with Gasteiger partial charge in [0.15, 0.2) is 11.2 Å². The summed E-state index contributed by atoms with van der Waals surface area (Å²) < 4.78 is 5.28. The minimum absolute atomic E-state index is 0.0264. The summed E-state index contributed by atoms with van der Waals surface area (Å²) in [6.07, 6.45) is 0.465. The van der Waals surface area contributed by atoms with Crippen LogP contribution in [0.3, 0.4) is 0 Å². The Morgan fingerprint density at radius 3 is 2.30 bits per heavy atom. The van der Waals surface area contributed by atoms with Crippen LogP contribution in [0, 0.1) is 13.8 Å². The molecule has 1 aliphatic heterocycles. The lowest BCUT2D eigenvalue weighted by Crippen LogP contribution is -2.54. The van der Waals surface area contributed by atoms with Crippen LogP contribution in [0.5, 0.6) is 5.75 Å². The molecule has 0 spiro atoms. The van der Waals surface area contributed by atoms with E-state index in [1.165, 1.54) is 17.9 Å². The third kappa shape index (κ3) is 4.55. The summed E-state index contributed by atoms with van der Waals surface area (Å²) in [5.74, 6) is -1.81. The van der Waals surface area contributed by atoms with Crippen molar-refractivity contribution in [2.24, 2.45) is 0 Å². The first-order chi connectivity index (χ1) is 14.2. The molecule has 2 N–H and O–H groups in total. The first-order valence-corrected chi connectivity index (χ1v) is 9.56. The Hall–Kier alpha value is -3.52. The molecule has 0 unspecified atom stereocenters. The van der Waals surface area contributed by atoms with E-state index in [0.29, 0.717) is 17.0 Å². The third-order valence-corrected chi connectivity index (χ3v) is 4.70. The van der Waals surface area contributed by atoms with E-state index in [9.17, 15) is 14.4 Å². The van der Waals surface area contributed by atoms with Crippen LogP contribution in [0.4, 0.5) is 5.69 Å². The summed E-state index contributed by atoms with van der Waals surface area (Å²) in [5.41, 5.74) is 3.04. The van der Waals surface area contributed by atoms with Crippen molar-refractivity contribution in [1.82, 2.24) is 5.32 Å². The van der Waals surface area contributed by atoms with Gasteiger partial charge in [-0.3, -0.25) is 19.8 Å². The van der Waals surface area contributed by atoms with Crippen molar-refractivity contribution in [3.63, 3.8) is 0 Å². The first kappa shape index (κ1) is 21.2. The lowest BCUT2D eigenvalue weighted by molar-refractivity contribution is -0.144. The third-order valence-electron chi connectivity index (χ3n) is 4.42. The molecule has 1 saturated heterocycles. The second-order valence-corrected chi connectivity index (χ2v) is 7.36. The molecule has 0 saturated carbocycles. The molecule has 1 aliphatic rings. The fourth-order valence-corrected chi connectivity index (χ4v) is 3.32. The van der Waals surface area contributed by atoms with Gasteiger partial charge in [-0.1, -0.05) is 18.2 Å². The second-order valence-electron chi connectivity index (χ2n) is 6.97. The number of hydrogen-bond acceptors (Lipinski definition) is 5. The van der Waals surface area contributed by atoms with Crippen LogP contribution in [0.1, 0.15) is 23.6 Å². The number of amides is 2. The van der Waals surface area contributed by atoms with E-state index < -0.39 is 23.9 Å². The van der Waals surface area contributed by atoms with Crippen molar-refractivity contribution in [1.29, 1.82) is 0 Å². The van der Waals surface area contributed by atoms with Gasteiger partial charge >= 0.3 is 5.97 Å². The highest BCUT2D eigenvalue weighted by atomic mass is 32.1. The number of nitrogens with zero attached hydrogens (tertiary/aromatic N) is 1. The number of nitrogens with one attached hydrogen (secondary N) is 1. The van der Waals surface area contributed by atoms with Crippen LogP contribution in [0.2, 0.25) is 0 Å². The maximum absolute atomic E-state index is 13.1. The normalized spacial score (nSPS) is 16.4. The van der Waals surface area contributed by atoms with Crippen LogP contribution in [0.25, 0.3) is 6.08 Å². The Bertz CT molecular complexity index is 1060. The van der Waals surface area contributed by atoms with Crippen LogP contribution < -0.4 is 15.0 Å². The smallest absolute Gasteiger partial charge is 0.344 e. The number of carboxylic acids is 1. The molecular weight excluding hydrogens is 404 g/mol. The Kier molecular flexibility index (Phi) is 5.98. The predicted molar refractivity (Wildman–Crippen MR) is 116 cm³/mol. The molecule has 30 heavy (non-hydrogen) atoms. The highest BCUT2D eigenvalue weighted by Crippen LogP contribution is 2.25. The minimum atomic E-state index is -1.08. The standard InChI is InChI=1S/C22H20N2O5S/c1-12-8-13(2)10-16(9-12)24-20(26)18(19(25)23-22(24)30)11-15-4-6-17(7-5-15)29-14(3)21(27)28/h4-11,14H,1-3H3,(H,27,28)(H,23,25,30)/b18-11+/t14-/m1/s1. The van der Waals surface area contributed by atoms with Crippen molar-refractivity contribution in [3.05, 3.63) is 64.7 Å². The monoisotopic (exact) mass is 424 g/mol. The zero-order chi connectivity index (χ0) is 22.0. The summed E-state index contributed by atoms with van der Waals surface area (Å²) >= 11 is 5.23. The number of aryl methyl sites for hydroxylation is 2. The number of carbonyl (C=O) groups excluding carboxylic acids is 2. The molecular formula is C22H20N2O5S. The van der Waals surface area contributed by atoms with Gasteiger partial charge in [0.25, 0.3) is 11.8 Å². The number of anilines is 1. The summed E-state index contributed by atoms with van der Waals surface area (Å²) in [7, 11) is 0. The molecule has 1 fully saturated rings. The Balaban J connectivity index is 1.90. The Morgan fingerprint density at radius 1 is 1.13 bits per heavy atom. The summed E-state index contributed by atoms with van der Waals surface area (Å²) in [6.45, 7) is 5.25. The molecule has 2 amide bonds. The van der Waals surface area contributed by atoms with Crippen molar-refractivity contribution in [3.8, 4) is 5.75 Å². The van der Waals surface area contributed by atoms with Crippen molar-refractivity contribution in [2.45, 2.75) is 26.9 Å². The Labute approximate surface area is 179 Å². The largest absolute Gasteiger partial charge is 0.479 e. The van der Waals surface area contributed by atoms with Gasteiger partial charge in [0, 0.05) is 0 Å². The average Bonchev–Trinajstić information content (AvgIpc) is 2.65. The van der Waals surface area contributed by atoms with Crippen LogP contribution >= 0.6 is 12.2 Å². The molecule has 0 aromatic heterocycles. The molecule has 0 radical (unpaired) electrons. The van der Waals surface area contributed by atoms with Gasteiger partial charge in [0.2, 0.25) is 0 Å². The van der Waals surface area contributed by atoms with Gasteiger partial charge in [-0.2, -0.15) is 0 Å². The molecule has 2 aromatic rings. The van der Waals surface area contributed by atoms with E-state index in [4.69, 9.17) is 22.1 Å². The highest BCUT2D eigenvalue weighted by Gasteiger charge is 2.34. The Morgan fingerprint density at radius 2 is 1.73 bits per heavy atom. The number of ether oxygens (including phenoxy) is 1. The van der Waals surface area contributed by atoms with Crippen molar-refractivity contribution < 1.29 is 24.2 Å². The van der Waals surface area contributed by atoms with Crippen molar-refractivity contribution in [2.75, 3.05) is 4.90 Å². The fraction of sp³-hybridized carbons (Fsp3) is 0.182. The highest BCUT2D eigenvalue weighted by molar-refractivity contribution is 7.80. The predicted octanol–water partition coefficient (Wildman–Crippen LogP) is 2.99. The fourth-order valence-electron chi connectivity index (χ4n) is 3.04. The lowest BCUT2D eigenvalue weighted by Gasteiger charge is -2.29. The second kappa shape index (κ2) is 8.46. The number of benzene rings is 2. The quantitative estimate of drug-likeness (QED) is 0.435. The van der Waals surface area contributed by atoms with Gasteiger partial charge in [0.05, 0.1) is 5.69 Å². The molecule has 0 bridgehead atoms. The maximum Gasteiger partial charge on any atom is 0.344 e. The number of aliphatic carboxylic acids is 1. The lowest BCUT2D eigenvalue weighted by atomic mass is 10.1. The van der Waals surface area contributed by atoms with E-state index in [0.717, 1.165) is 11.1 Å². The molecule has 7 nitrogen and oxygen atoms in total. The number of hydrogen-bond donors (Lipinski definition) is 2. The van der Waals surface area contributed by atoms with Crippen molar-refractivity contribution >= 4 is 46.9 Å². The number of carboxylic acid groups (broad SMARTS) is 1. The van der Waals surface area contributed by atoms with Gasteiger partial charge in [-0.25, -0.2) is 4.79 Å².